The molecule has 0 aliphatic heterocycles. The van der Waals surface area contributed by atoms with E-state index in [-0.39, 0.29) is 25.7 Å². The van der Waals surface area contributed by atoms with Gasteiger partial charge in [-0.25, -0.2) is 9.13 Å². The van der Waals surface area contributed by atoms with Crippen molar-refractivity contribution in [2.75, 3.05) is 39.6 Å². The first-order valence-corrected chi connectivity index (χ1v) is 31.3. The van der Waals surface area contributed by atoms with Gasteiger partial charge in [-0.2, -0.15) is 0 Å². The molecular formula is C53H102O17P2. The van der Waals surface area contributed by atoms with Crippen molar-refractivity contribution in [2.45, 2.75) is 277 Å². The molecule has 0 saturated heterocycles. The number of carbonyl (C=O) groups excluding carboxylic acids is 4. The Labute approximate surface area is 435 Å². The number of hydrogen-bond donors (Lipinski definition) is 3. The molecule has 5 atom stereocenters. The van der Waals surface area contributed by atoms with Crippen molar-refractivity contribution in [1.82, 2.24) is 0 Å². The summed E-state index contributed by atoms with van der Waals surface area (Å²) in [7, 11) is -9.85. The molecule has 0 rings (SSSR count). The number of aliphatic hydroxyl groups excluding tert-OH is 1. The van der Waals surface area contributed by atoms with E-state index in [1.54, 1.807) is 0 Å². The fourth-order valence-electron chi connectivity index (χ4n) is 7.69. The summed E-state index contributed by atoms with van der Waals surface area (Å²) >= 11 is 0. The Hall–Kier alpha value is -1.94. The zero-order valence-corrected chi connectivity index (χ0v) is 47.2. The Balaban J connectivity index is 5.17. The predicted octanol–water partition coefficient (Wildman–Crippen LogP) is 13.6. The van der Waals surface area contributed by atoms with Crippen LogP contribution in [0.3, 0.4) is 0 Å². The quantitative estimate of drug-likeness (QED) is 0.0222. The molecule has 0 spiro atoms. The third kappa shape index (κ3) is 47.8. The fraction of sp³-hybridized carbons (Fsp3) is 0.925. The van der Waals surface area contributed by atoms with Gasteiger partial charge in [0.15, 0.2) is 12.2 Å². The molecule has 0 aliphatic rings. The molecule has 2 unspecified atom stereocenters. The third-order valence-corrected chi connectivity index (χ3v) is 14.0. The smallest absolute Gasteiger partial charge is 0.462 e. The highest BCUT2D eigenvalue weighted by molar-refractivity contribution is 7.47. The van der Waals surface area contributed by atoms with E-state index in [0.717, 1.165) is 109 Å². The number of unbranched alkanes of at least 4 members (excludes halogenated alkanes) is 28. The van der Waals surface area contributed by atoms with Crippen molar-refractivity contribution in [3.63, 3.8) is 0 Å². The van der Waals surface area contributed by atoms with Crippen molar-refractivity contribution in [3.8, 4) is 0 Å². The Morgan fingerprint density at radius 3 is 0.819 bits per heavy atom. The molecule has 3 N–H and O–H groups in total. The van der Waals surface area contributed by atoms with Crippen molar-refractivity contribution in [3.05, 3.63) is 0 Å². The Morgan fingerprint density at radius 1 is 0.333 bits per heavy atom. The maximum atomic E-state index is 12.8. The highest BCUT2D eigenvalue weighted by atomic mass is 31.2. The van der Waals surface area contributed by atoms with Gasteiger partial charge < -0.3 is 33.8 Å². The van der Waals surface area contributed by atoms with E-state index < -0.39 is 97.5 Å². The standard InChI is InChI=1S/C53H102O17P2/c1-5-9-13-17-20-22-23-25-28-32-36-40-53(58)70-49(44-64-51(56)38-34-30-27-24-21-18-14-10-6-2)46-68-72(61,62)66-42-47(54)41-65-71(59,60)67-45-48(43-63-50(55)37-33-29-16-12-8-4)69-52(57)39-35-31-26-19-15-11-7-3/h47-49,54H,5-46H2,1-4H3,(H,59,60)(H,61,62)/t47-,48+,49+/m0/s1. The van der Waals surface area contributed by atoms with Crippen LogP contribution in [-0.2, 0) is 65.4 Å². The Kier molecular flexibility index (Phi) is 47.4. The number of carbonyl (C=O) groups is 4. The predicted molar refractivity (Wildman–Crippen MR) is 280 cm³/mol. The summed E-state index contributed by atoms with van der Waals surface area (Å²) in [6.07, 6.45) is 29.8. The van der Waals surface area contributed by atoms with Gasteiger partial charge in [0.05, 0.1) is 26.4 Å². The van der Waals surface area contributed by atoms with Gasteiger partial charge in [-0.1, -0.05) is 207 Å². The summed E-state index contributed by atoms with van der Waals surface area (Å²) in [6, 6.07) is 0. The lowest BCUT2D eigenvalue weighted by molar-refractivity contribution is -0.161. The van der Waals surface area contributed by atoms with Crippen molar-refractivity contribution in [2.24, 2.45) is 0 Å². The van der Waals surface area contributed by atoms with Crippen LogP contribution in [-0.4, -0.2) is 96.7 Å². The van der Waals surface area contributed by atoms with E-state index in [1.165, 1.54) is 70.6 Å². The monoisotopic (exact) mass is 1070 g/mol. The van der Waals surface area contributed by atoms with Gasteiger partial charge in [0.1, 0.15) is 19.3 Å². The van der Waals surface area contributed by atoms with Gasteiger partial charge in [-0.3, -0.25) is 37.3 Å². The first-order chi connectivity index (χ1) is 34.7. The molecule has 0 radical (unpaired) electrons. The molecule has 0 aromatic carbocycles. The molecule has 0 amide bonds. The van der Waals surface area contributed by atoms with Crippen LogP contribution >= 0.6 is 15.6 Å². The zero-order valence-electron chi connectivity index (χ0n) is 45.4. The maximum Gasteiger partial charge on any atom is 0.472 e. The molecule has 0 aliphatic carbocycles. The lowest BCUT2D eigenvalue weighted by atomic mass is 10.1. The molecule has 426 valence electrons. The number of phosphoric ester groups is 2. The van der Waals surface area contributed by atoms with Gasteiger partial charge in [-0.05, 0) is 25.7 Å². The lowest BCUT2D eigenvalue weighted by Gasteiger charge is -2.21. The molecule has 0 saturated carbocycles. The van der Waals surface area contributed by atoms with Crippen LogP contribution in [0.5, 0.6) is 0 Å². The molecule has 19 heteroatoms. The third-order valence-electron chi connectivity index (χ3n) is 12.1. The van der Waals surface area contributed by atoms with E-state index in [4.69, 9.17) is 37.0 Å². The number of esters is 4. The van der Waals surface area contributed by atoms with E-state index in [9.17, 15) is 43.2 Å². The minimum atomic E-state index is -4.93. The van der Waals surface area contributed by atoms with Gasteiger partial charge in [0, 0.05) is 25.7 Å². The van der Waals surface area contributed by atoms with Crippen molar-refractivity contribution in [1.29, 1.82) is 0 Å². The number of ether oxygens (including phenoxy) is 4. The Morgan fingerprint density at radius 2 is 0.556 bits per heavy atom. The first-order valence-electron chi connectivity index (χ1n) is 28.3. The van der Waals surface area contributed by atoms with Gasteiger partial charge in [0.2, 0.25) is 0 Å². The van der Waals surface area contributed by atoms with Crippen LogP contribution < -0.4 is 0 Å². The molecule has 0 bridgehead atoms. The molecular weight excluding hydrogens is 971 g/mol. The maximum absolute atomic E-state index is 12.8. The van der Waals surface area contributed by atoms with Crippen LogP contribution in [0.4, 0.5) is 0 Å². The second-order valence-electron chi connectivity index (χ2n) is 19.3. The van der Waals surface area contributed by atoms with Crippen LogP contribution in [0.15, 0.2) is 0 Å². The minimum absolute atomic E-state index is 0.103. The van der Waals surface area contributed by atoms with E-state index in [1.807, 2.05) is 0 Å². The van der Waals surface area contributed by atoms with Gasteiger partial charge >= 0.3 is 39.5 Å². The topological polar surface area (TPSA) is 237 Å². The second-order valence-corrected chi connectivity index (χ2v) is 22.2. The van der Waals surface area contributed by atoms with Crippen molar-refractivity contribution >= 4 is 39.5 Å². The summed E-state index contributed by atoms with van der Waals surface area (Å²) in [5, 5.41) is 10.4. The highest BCUT2D eigenvalue weighted by Gasteiger charge is 2.30. The van der Waals surface area contributed by atoms with Crippen LogP contribution in [0.1, 0.15) is 259 Å². The number of hydrogen-bond acceptors (Lipinski definition) is 15. The number of phosphoric acid groups is 2. The SMILES string of the molecule is CCCCCCCCCCCCCC(=O)O[C@H](COC(=O)CCCCCCCCCCC)COP(=O)(O)OC[C@@H](O)COP(=O)(O)OC[C@@H](COC(=O)CCCCCCC)OC(=O)CCCCCCCCC. The summed E-state index contributed by atoms with van der Waals surface area (Å²) in [5.41, 5.74) is 0. The highest BCUT2D eigenvalue weighted by Crippen LogP contribution is 2.45. The number of aliphatic hydroxyl groups is 1. The van der Waals surface area contributed by atoms with Gasteiger partial charge in [0.25, 0.3) is 0 Å². The average molecular weight is 1070 g/mol. The van der Waals surface area contributed by atoms with Crippen LogP contribution in [0.2, 0.25) is 0 Å². The molecule has 0 fully saturated rings. The normalized spacial score (nSPS) is 14.5. The van der Waals surface area contributed by atoms with Gasteiger partial charge in [-0.15, -0.1) is 0 Å². The summed E-state index contributed by atoms with van der Waals surface area (Å²) in [6.45, 7) is 4.66. The summed E-state index contributed by atoms with van der Waals surface area (Å²) < 4.78 is 67.2. The molecule has 0 heterocycles. The fourth-order valence-corrected chi connectivity index (χ4v) is 9.27. The largest absolute Gasteiger partial charge is 0.472 e. The summed E-state index contributed by atoms with van der Waals surface area (Å²) in [4.78, 5) is 71.2. The molecule has 0 aromatic heterocycles. The first kappa shape index (κ1) is 70.1. The zero-order chi connectivity index (χ0) is 53.4. The molecule has 72 heavy (non-hydrogen) atoms. The second kappa shape index (κ2) is 48.7. The average Bonchev–Trinajstić information content (AvgIpc) is 3.35. The lowest BCUT2D eigenvalue weighted by Crippen LogP contribution is -2.30. The van der Waals surface area contributed by atoms with Crippen LogP contribution in [0, 0.1) is 0 Å². The van der Waals surface area contributed by atoms with Crippen LogP contribution in [0.25, 0.3) is 0 Å². The van der Waals surface area contributed by atoms with E-state index in [2.05, 4.69) is 27.7 Å². The minimum Gasteiger partial charge on any atom is -0.462 e. The van der Waals surface area contributed by atoms with E-state index >= 15 is 0 Å². The Bertz CT molecular complexity index is 1420. The number of rotatable bonds is 54. The van der Waals surface area contributed by atoms with Crippen molar-refractivity contribution < 1.29 is 80.2 Å². The van der Waals surface area contributed by atoms with E-state index in [0.29, 0.717) is 25.7 Å². The molecule has 17 nitrogen and oxygen atoms in total. The molecule has 0 aromatic rings. The summed E-state index contributed by atoms with van der Waals surface area (Å²) in [5.74, 6) is -2.17.